The zero-order valence-electron chi connectivity index (χ0n) is 10.7. The zero-order valence-corrected chi connectivity index (χ0v) is 13.1. The molecule has 1 aliphatic heterocycles. The molecule has 7 heteroatoms. The van der Waals surface area contributed by atoms with Gasteiger partial charge >= 0.3 is 0 Å². The van der Waals surface area contributed by atoms with Crippen LogP contribution in [-0.2, 0) is 4.79 Å². The lowest BCUT2D eigenvalue weighted by atomic mass is 10.2. The van der Waals surface area contributed by atoms with E-state index in [2.05, 4.69) is 26.6 Å². The van der Waals surface area contributed by atoms with Gasteiger partial charge < -0.3 is 21.1 Å². The number of carbonyl (C=O) groups excluding carboxylic acids is 1. The van der Waals surface area contributed by atoms with Crippen LogP contribution in [0.5, 0.6) is 5.75 Å². The van der Waals surface area contributed by atoms with Crippen LogP contribution in [-0.4, -0.2) is 12.5 Å². The minimum Gasteiger partial charge on any atom is -0.482 e. The fourth-order valence-corrected chi connectivity index (χ4v) is 2.51. The van der Waals surface area contributed by atoms with E-state index >= 15 is 0 Å². The van der Waals surface area contributed by atoms with E-state index in [1.807, 2.05) is 6.07 Å². The van der Waals surface area contributed by atoms with Crippen LogP contribution in [0.3, 0.4) is 0 Å². The van der Waals surface area contributed by atoms with E-state index in [1.165, 1.54) is 0 Å². The van der Waals surface area contributed by atoms with Crippen molar-refractivity contribution in [3.63, 3.8) is 0 Å². The molecule has 0 bridgehead atoms. The molecule has 4 N–H and O–H groups in total. The summed E-state index contributed by atoms with van der Waals surface area (Å²) in [6.07, 6.45) is 0. The van der Waals surface area contributed by atoms with Crippen LogP contribution in [0, 0.1) is 0 Å². The second-order valence-corrected chi connectivity index (χ2v) is 5.81. The number of nitrogen functional groups attached to an aromatic ring is 1. The lowest BCUT2D eigenvalue weighted by Crippen LogP contribution is -2.25. The van der Waals surface area contributed by atoms with Crippen molar-refractivity contribution in [3.05, 3.63) is 39.8 Å². The van der Waals surface area contributed by atoms with Crippen LogP contribution in [0.2, 0.25) is 5.02 Å². The smallest absolute Gasteiger partial charge is 0.262 e. The Morgan fingerprint density at radius 3 is 2.90 bits per heavy atom. The van der Waals surface area contributed by atoms with E-state index in [-0.39, 0.29) is 12.5 Å². The third kappa shape index (κ3) is 2.91. The standard InChI is InChI=1S/C14H11BrClN3O2/c15-8-2-1-7(16)3-10(8)18-11-5-12-13(4-9(11)17)21-6-14(20)19-12/h1-5,18H,6,17H2,(H,19,20). The van der Waals surface area contributed by atoms with Gasteiger partial charge in [-0.05, 0) is 40.2 Å². The highest BCUT2D eigenvalue weighted by molar-refractivity contribution is 9.10. The van der Waals surface area contributed by atoms with Crippen molar-refractivity contribution in [2.75, 3.05) is 23.0 Å². The van der Waals surface area contributed by atoms with E-state index in [0.29, 0.717) is 27.8 Å². The van der Waals surface area contributed by atoms with Gasteiger partial charge in [-0.25, -0.2) is 0 Å². The molecule has 1 heterocycles. The molecule has 0 atom stereocenters. The topological polar surface area (TPSA) is 76.4 Å². The Morgan fingerprint density at radius 1 is 1.29 bits per heavy atom. The molecule has 0 radical (unpaired) electrons. The van der Waals surface area contributed by atoms with Gasteiger partial charge in [-0.3, -0.25) is 4.79 Å². The number of nitrogens with two attached hydrogens (primary N) is 1. The molecule has 0 aromatic heterocycles. The van der Waals surface area contributed by atoms with E-state index < -0.39 is 0 Å². The highest BCUT2D eigenvalue weighted by atomic mass is 79.9. The second-order valence-electron chi connectivity index (χ2n) is 4.52. The van der Waals surface area contributed by atoms with Crippen LogP contribution in [0.25, 0.3) is 0 Å². The van der Waals surface area contributed by atoms with Crippen molar-refractivity contribution in [3.8, 4) is 5.75 Å². The third-order valence-electron chi connectivity index (χ3n) is 2.98. The molecule has 0 spiro atoms. The maximum absolute atomic E-state index is 11.4. The number of rotatable bonds is 2. The minimum atomic E-state index is -0.192. The van der Waals surface area contributed by atoms with Crippen LogP contribution >= 0.6 is 27.5 Å². The van der Waals surface area contributed by atoms with Crippen molar-refractivity contribution in [1.82, 2.24) is 0 Å². The molecule has 0 saturated heterocycles. The number of carbonyl (C=O) groups is 1. The monoisotopic (exact) mass is 367 g/mol. The van der Waals surface area contributed by atoms with Crippen molar-refractivity contribution in [2.24, 2.45) is 0 Å². The Labute approximate surface area is 134 Å². The highest BCUT2D eigenvalue weighted by Gasteiger charge is 2.18. The number of halogens is 2. The first-order valence-electron chi connectivity index (χ1n) is 6.11. The first-order chi connectivity index (χ1) is 10.0. The van der Waals surface area contributed by atoms with E-state index in [0.717, 1.165) is 10.2 Å². The van der Waals surface area contributed by atoms with Gasteiger partial charge in [0, 0.05) is 15.6 Å². The Morgan fingerprint density at radius 2 is 2.10 bits per heavy atom. The lowest BCUT2D eigenvalue weighted by Gasteiger charge is -2.20. The van der Waals surface area contributed by atoms with Gasteiger partial charge in [-0.1, -0.05) is 11.6 Å². The number of ether oxygens (including phenoxy) is 1. The average molecular weight is 369 g/mol. The number of fused-ring (bicyclic) bond motifs is 1. The molecule has 2 aromatic rings. The summed E-state index contributed by atoms with van der Waals surface area (Å²) in [5, 5.41) is 6.53. The molecule has 1 aliphatic rings. The lowest BCUT2D eigenvalue weighted by molar-refractivity contribution is -0.118. The number of hydrogen-bond donors (Lipinski definition) is 3. The largest absolute Gasteiger partial charge is 0.482 e. The summed E-state index contributed by atoms with van der Waals surface area (Å²) < 4.78 is 6.17. The van der Waals surface area contributed by atoms with E-state index in [9.17, 15) is 4.79 Å². The summed E-state index contributed by atoms with van der Waals surface area (Å²) in [6, 6.07) is 8.80. The summed E-state index contributed by atoms with van der Waals surface area (Å²) in [5.41, 5.74) is 8.54. The molecule has 0 unspecified atom stereocenters. The summed E-state index contributed by atoms with van der Waals surface area (Å²) in [5.74, 6) is 0.366. The van der Waals surface area contributed by atoms with Gasteiger partial charge in [0.25, 0.3) is 5.91 Å². The molecule has 2 aromatic carbocycles. The molecule has 0 fully saturated rings. The van der Waals surface area contributed by atoms with Gasteiger partial charge in [0.1, 0.15) is 5.75 Å². The fourth-order valence-electron chi connectivity index (χ4n) is 1.99. The molecular weight excluding hydrogens is 358 g/mol. The molecule has 5 nitrogen and oxygen atoms in total. The number of amides is 1. The summed E-state index contributed by atoms with van der Waals surface area (Å²) in [6.45, 7) is -0.000936. The predicted octanol–water partition coefficient (Wildman–Crippen LogP) is 3.76. The van der Waals surface area contributed by atoms with Gasteiger partial charge in [0.05, 0.1) is 22.7 Å². The summed E-state index contributed by atoms with van der Waals surface area (Å²) in [7, 11) is 0. The Bertz CT molecular complexity index is 736. The van der Waals surface area contributed by atoms with Crippen LogP contribution < -0.4 is 21.1 Å². The SMILES string of the molecule is Nc1cc2c(cc1Nc1cc(Cl)ccc1Br)NC(=O)CO2. The molecule has 0 saturated carbocycles. The predicted molar refractivity (Wildman–Crippen MR) is 87.4 cm³/mol. The van der Waals surface area contributed by atoms with Crippen molar-refractivity contribution >= 4 is 56.2 Å². The van der Waals surface area contributed by atoms with E-state index in [1.54, 1.807) is 24.3 Å². The second kappa shape index (κ2) is 5.46. The third-order valence-corrected chi connectivity index (χ3v) is 3.91. The Hall–Kier alpha value is -1.92. The van der Waals surface area contributed by atoms with Gasteiger partial charge in [-0.2, -0.15) is 0 Å². The van der Waals surface area contributed by atoms with Crippen LogP contribution in [0.4, 0.5) is 22.7 Å². The molecule has 1 amide bonds. The molecule has 3 rings (SSSR count). The highest BCUT2D eigenvalue weighted by Crippen LogP contribution is 2.38. The molecule has 0 aliphatic carbocycles. The van der Waals surface area contributed by atoms with E-state index in [4.69, 9.17) is 22.1 Å². The summed E-state index contributed by atoms with van der Waals surface area (Å²) >= 11 is 9.43. The first-order valence-corrected chi connectivity index (χ1v) is 7.28. The number of hydrogen-bond acceptors (Lipinski definition) is 4. The fraction of sp³-hybridized carbons (Fsp3) is 0.0714. The minimum absolute atomic E-state index is 0.000936. The quantitative estimate of drug-likeness (QED) is 0.706. The maximum atomic E-state index is 11.4. The summed E-state index contributed by atoms with van der Waals surface area (Å²) in [4.78, 5) is 11.4. The maximum Gasteiger partial charge on any atom is 0.262 e. The average Bonchev–Trinajstić information content (AvgIpc) is 2.44. The first kappa shape index (κ1) is 14.0. The van der Waals surface area contributed by atoms with Crippen molar-refractivity contribution in [2.45, 2.75) is 0 Å². The Balaban J connectivity index is 1.97. The number of nitrogens with one attached hydrogen (secondary N) is 2. The van der Waals surface area contributed by atoms with Crippen molar-refractivity contribution < 1.29 is 9.53 Å². The zero-order chi connectivity index (χ0) is 15.0. The molecule has 21 heavy (non-hydrogen) atoms. The van der Waals surface area contributed by atoms with Crippen molar-refractivity contribution in [1.29, 1.82) is 0 Å². The van der Waals surface area contributed by atoms with Crippen LogP contribution in [0.15, 0.2) is 34.8 Å². The molecular formula is C14H11BrClN3O2. The van der Waals surface area contributed by atoms with Gasteiger partial charge in [-0.15, -0.1) is 0 Å². The van der Waals surface area contributed by atoms with Gasteiger partial charge in [0.15, 0.2) is 6.61 Å². The number of benzene rings is 2. The van der Waals surface area contributed by atoms with Crippen LogP contribution in [0.1, 0.15) is 0 Å². The number of anilines is 4. The Kier molecular flexibility index (Phi) is 3.65. The van der Waals surface area contributed by atoms with Gasteiger partial charge in [0.2, 0.25) is 0 Å². The normalized spacial score (nSPS) is 13.1. The molecule has 108 valence electrons.